The maximum absolute atomic E-state index is 12.3. The number of rotatable bonds is 8. The molecule has 4 nitrogen and oxygen atoms in total. The van der Waals surface area contributed by atoms with Crippen LogP contribution in [-0.4, -0.2) is 32.9 Å². The van der Waals surface area contributed by atoms with Gasteiger partial charge in [-0.2, -0.15) is 0 Å². The van der Waals surface area contributed by atoms with E-state index in [1.54, 1.807) is 19.2 Å². The highest BCUT2D eigenvalue weighted by atomic mass is 32.2. The van der Waals surface area contributed by atoms with Gasteiger partial charge in [-0.15, -0.1) is 0 Å². The summed E-state index contributed by atoms with van der Waals surface area (Å²) in [5, 5.41) is 3.23. The Kier molecular flexibility index (Phi) is 6.31. The number of unbranched alkanes of at least 4 members (excludes halogenated alkanes) is 1. The molecule has 1 aromatic rings. The molecule has 19 heavy (non-hydrogen) atoms. The van der Waals surface area contributed by atoms with Crippen molar-refractivity contribution < 1.29 is 8.42 Å². The van der Waals surface area contributed by atoms with Gasteiger partial charge >= 0.3 is 0 Å². The molecule has 0 aromatic heterocycles. The predicted molar refractivity (Wildman–Crippen MR) is 79.9 cm³/mol. The summed E-state index contributed by atoms with van der Waals surface area (Å²) in [5.41, 5.74) is 0.956. The van der Waals surface area contributed by atoms with Crippen molar-refractivity contribution in [3.8, 4) is 0 Å². The Morgan fingerprint density at radius 3 is 2.26 bits per heavy atom. The van der Waals surface area contributed by atoms with E-state index < -0.39 is 10.0 Å². The summed E-state index contributed by atoms with van der Waals surface area (Å²) in [4.78, 5) is 0.355. The molecule has 0 aliphatic rings. The van der Waals surface area contributed by atoms with E-state index in [-0.39, 0.29) is 0 Å². The van der Waals surface area contributed by atoms with Crippen molar-refractivity contribution >= 4 is 15.7 Å². The zero-order chi connectivity index (χ0) is 14.3. The van der Waals surface area contributed by atoms with Crippen molar-refractivity contribution in [3.05, 3.63) is 24.3 Å². The number of sulfonamides is 1. The highest BCUT2D eigenvalue weighted by molar-refractivity contribution is 7.89. The topological polar surface area (TPSA) is 49.4 Å². The highest BCUT2D eigenvalue weighted by Crippen LogP contribution is 2.17. The SMILES string of the molecule is CCCCN(C)S(=O)(=O)c1ccc(NCCC)cc1. The molecule has 0 fully saturated rings. The van der Waals surface area contributed by atoms with Gasteiger partial charge in [-0.3, -0.25) is 0 Å². The Labute approximate surface area is 116 Å². The minimum atomic E-state index is -3.34. The van der Waals surface area contributed by atoms with Crippen LogP contribution < -0.4 is 5.32 Å². The van der Waals surface area contributed by atoms with Gasteiger partial charge in [0.2, 0.25) is 10.0 Å². The summed E-state index contributed by atoms with van der Waals surface area (Å²) >= 11 is 0. The van der Waals surface area contributed by atoms with Gasteiger partial charge in [0.15, 0.2) is 0 Å². The molecule has 0 saturated heterocycles. The van der Waals surface area contributed by atoms with Gasteiger partial charge in [0.05, 0.1) is 4.90 Å². The average molecular weight is 284 g/mol. The first-order chi connectivity index (χ1) is 9.02. The Hall–Kier alpha value is -1.07. The molecule has 108 valence electrons. The van der Waals surface area contributed by atoms with E-state index in [0.29, 0.717) is 11.4 Å². The smallest absolute Gasteiger partial charge is 0.242 e. The number of hydrogen-bond acceptors (Lipinski definition) is 3. The lowest BCUT2D eigenvalue weighted by Gasteiger charge is -2.17. The summed E-state index contributed by atoms with van der Waals surface area (Å²) in [6.45, 7) is 5.60. The number of nitrogens with one attached hydrogen (secondary N) is 1. The fraction of sp³-hybridized carbons (Fsp3) is 0.571. The van der Waals surface area contributed by atoms with Gasteiger partial charge in [-0.05, 0) is 37.1 Å². The minimum Gasteiger partial charge on any atom is -0.385 e. The van der Waals surface area contributed by atoms with Crippen molar-refractivity contribution in [1.82, 2.24) is 4.31 Å². The third-order valence-corrected chi connectivity index (χ3v) is 4.84. The zero-order valence-electron chi connectivity index (χ0n) is 12.0. The van der Waals surface area contributed by atoms with E-state index in [4.69, 9.17) is 0 Å². The molecule has 1 N–H and O–H groups in total. The van der Waals surface area contributed by atoms with E-state index >= 15 is 0 Å². The first-order valence-corrected chi connectivity index (χ1v) is 8.26. The summed E-state index contributed by atoms with van der Waals surface area (Å²) in [5.74, 6) is 0. The molecule has 0 spiro atoms. The molecule has 1 aromatic carbocycles. The van der Waals surface area contributed by atoms with E-state index in [1.165, 1.54) is 4.31 Å². The summed E-state index contributed by atoms with van der Waals surface area (Å²) in [6.07, 6.45) is 2.91. The standard InChI is InChI=1S/C14H24N2O2S/c1-4-6-12-16(3)19(17,18)14-9-7-13(8-10-14)15-11-5-2/h7-10,15H,4-6,11-12H2,1-3H3. The third kappa shape index (κ3) is 4.51. The van der Waals surface area contributed by atoms with Crippen LogP contribution in [0, 0.1) is 0 Å². The minimum absolute atomic E-state index is 0.355. The van der Waals surface area contributed by atoms with Crippen LogP contribution >= 0.6 is 0 Å². The summed E-state index contributed by atoms with van der Waals surface area (Å²) < 4.78 is 26.0. The first-order valence-electron chi connectivity index (χ1n) is 6.82. The Morgan fingerprint density at radius 2 is 1.74 bits per heavy atom. The number of hydrogen-bond donors (Lipinski definition) is 1. The molecule has 0 heterocycles. The van der Waals surface area contributed by atoms with E-state index in [2.05, 4.69) is 19.2 Å². The van der Waals surface area contributed by atoms with Crippen LogP contribution in [0.15, 0.2) is 29.2 Å². The van der Waals surface area contributed by atoms with Crippen LogP contribution in [-0.2, 0) is 10.0 Å². The van der Waals surface area contributed by atoms with Crippen molar-refractivity contribution in [3.63, 3.8) is 0 Å². The van der Waals surface area contributed by atoms with E-state index in [1.807, 2.05) is 12.1 Å². The van der Waals surface area contributed by atoms with Gasteiger partial charge in [0.1, 0.15) is 0 Å². The monoisotopic (exact) mass is 284 g/mol. The average Bonchev–Trinajstić information content (AvgIpc) is 2.42. The maximum atomic E-state index is 12.3. The largest absolute Gasteiger partial charge is 0.385 e. The quantitative estimate of drug-likeness (QED) is 0.798. The fourth-order valence-electron chi connectivity index (χ4n) is 1.69. The number of nitrogens with zero attached hydrogens (tertiary/aromatic N) is 1. The van der Waals surface area contributed by atoms with E-state index in [0.717, 1.165) is 31.5 Å². The van der Waals surface area contributed by atoms with Crippen LogP contribution in [0.25, 0.3) is 0 Å². The molecule has 0 amide bonds. The molecule has 5 heteroatoms. The van der Waals surface area contributed by atoms with Crippen LogP contribution in [0.2, 0.25) is 0 Å². The maximum Gasteiger partial charge on any atom is 0.242 e. The van der Waals surface area contributed by atoms with Gasteiger partial charge in [-0.1, -0.05) is 20.3 Å². The van der Waals surface area contributed by atoms with Crippen molar-refractivity contribution in [2.75, 3.05) is 25.5 Å². The van der Waals surface area contributed by atoms with Gasteiger partial charge < -0.3 is 5.32 Å². The molecule has 0 aliphatic carbocycles. The van der Waals surface area contributed by atoms with Crippen molar-refractivity contribution in [1.29, 1.82) is 0 Å². The Morgan fingerprint density at radius 1 is 1.11 bits per heavy atom. The lowest BCUT2D eigenvalue weighted by Crippen LogP contribution is -2.27. The summed E-state index contributed by atoms with van der Waals surface area (Å²) in [6, 6.07) is 6.96. The fourth-order valence-corrected chi connectivity index (χ4v) is 2.90. The number of benzene rings is 1. The molecule has 0 unspecified atom stereocenters. The van der Waals surface area contributed by atoms with Crippen molar-refractivity contribution in [2.24, 2.45) is 0 Å². The second-order valence-corrected chi connectivity index (χ2v) is 6.68. The van der Waals surface area contributed by atoms with Crippen LogP contribution in [0.1, 0.15) is 33.1 Å². The van der Waals surface area contributed by atoms with Crippen LogP contribution in [0.5, 0.6) is 0 Å². The Bertz CT molecular complexity index is 469. The highest BCUT2D eigenvalue weighted by Gasteiger charge is 2.19. The molecular weight excluding hydrogens is 260 g/mol. The van der Waals surface area contributed by atoms with Gasteiger partial charge in [0, 0.05) is 25.8 Å². The van der Waals surface area contributed by atoms with Crippen LogP contribution in [0.3, 0.4) is 0 Å². The predicted octanol–water partition coefficient (Wildman–Crippen LogP) is 2.93. The zero-order valence-corrected chi connectivity index (χ0v) is 12.8. The third-order valence-electron chi connectivity index (χ3n) is 2.97. The molecular formula is C14H24N2O2S. The lowest BCUT2D eigenvalue weighted by atomic mass is 10.3. The lowest BCUT2D eigenvalue weighted by molar-refractivity contribution is 0.459. The Balaban J connectivity index is 2.78. The molecule has 0 bridgehead atoms. The summed E-state index contributed by atoms with van der Waals surface area (Å²) in [7, 11) is -1.71. The van der Waals surface area contributed by atoms with Crippen molar-refractivity contribution in [2.45, 2.75) is 38.0 Å². The molecule has 0 atom stereocenters. The first kappa shape index (κ1) is 16.0. The molecule has 0 radical (unpaired) electrons. The number of anilines is 1. The van der Waals surface area contributed by atoms with Crippen LogP contribution in [0.4, 0.5) is 5.69 Å². The van der Waals surface area contributed by atoms with Gasteiger partial charge in [-0.25, -0.2) is 12.7 Å². The molecule has 1 rings (SSSR count). The second kappa shape index (κ2) is 7.50. The van der Waals surface area contributed by atoms with Gasteiger partial charge in [0.25, 0.3) is 0 Å². The van der Waals surface area contributed by atoms with E-state index in [9.17, 15) is 8.42 Å². The molecule has 0 saturated carbocycles. The second-order valence-electron chi connectivity index (χ2n) is 4.63. The normalized spacial score (nSPS) is 11.8. The molecule has 0 aliphatic heterocycles.